The number of nitrogens with one attached hydrogen (secondary N) is 2. The number of urea groups is 1. The maximum Gasteiger partial charge on any atom is 0.319 e. The molecule has 2 aromatic rings. The van der Waals surface area contributed by atoms with E-state index in [9.17, 15) is 4.79 Å². The first-order valence-electron chi connectivity index (χ1n) is 9.84. The van der Waals surface area contributed by atoms with Crippen molar-refractivity contribution in [1.82, 2.24) is 5.32 Å². The lowest BCUT2D eigenvalue weighted by atomic mass is 10.1. The molecule has 1 saturated heterocycles. The molecule has 156 valence electrons. The van der Waals surface area contributed by atoms with Crippen LogP contribution in [0.1, 0.15) is 24.8 Å². The average Bonchev–Trinajstić information content (AvgIpc) is 2.77. The van der Waals surface area contributed by atoms with Gasteiger partial charge in [-0.25, -0.2) is 4.79 Å². The Morgan fingerprint density at radius 2 is 1.62 bits per heavy atom. The molecule has 1 aliphatic rings. The number of anilines is 2. The van der Waals surface area contributed by atoms with Crippen molar-refractivity contribution in [3.8, 4) is 17.2 Å². The van der Waals surface area contributed by atoms with E-state index in [1.807, 2.05) is 30.3 Å². The zero-order chi connectivity index (χ0) is 20.6. The number of hydrogen-bond donors (Lipinski definition) is 2. The Bertz CT molecular complexity index is 810. The molecule has 3 rings (SSSR count). The standard InChI is InChI=1S/C22H29N3O4/c1-27-19-13-16(14-20(28-2)21(19)29-3)15-23-22(26)24-17-9-5-6-10-18(17)25-11-7-4-8-12-25/h5-6,9-10,13-14H,4,7-8,11-12,15H2,1-3H3,(H2,23,24,26). The summed E-state index contributed by atoms with van der Waals surface area (Å²) < 4.78 is 16.1. The molecular formula is C22H29N3O4. The third kappa shape index (κ3) is 5.04. The van der Waals surface area contributed by atoms with Crippen LogP contribution in [0.4, 0.5) is 16.2 Å². The Morgan fingerprint density at radius 1 is 0.966 bits per heavy atom. The van der Waals surface area contributed by atoms with Gasteiger partial charge >= 0.3 is 6.03 Å². The van der Waals surface area contributed by atoms with Gasteiger partial charge in [-0.15, -0.1) is 0 Å². The Kier molecular flexibility index (Phi) is 7.05. The zero-order valence-electron chi connectivity index (χ0n) is 17.3. The van der Waals surface area contributed by atoms with Crippen LogP contribution in [0.3, 0.4) is 0 Å². The number of ether oxygens (including phenoxy) is 3. The SMILES string of the molecule is COc1cc(CNC(=O)Nc2ccccc2N2CCCCC2)cc(OC)c1OC. The largest absolute Gasteiger partial charge is 0.493 e. The van der Waals surface area contributed by atoms with E-state index in [1.165, 1.54) is 19.3 Å². The number of nitrogens with zero attached hydrogens (tertiary/aromatic N) is 1. The number of carbonyl (C=O) groups is 1. The minimum atomic E-state index is -0.261. The van der Waals surface area contributed by atoms with Crippen LogP contribution in [0.15, 0.2) is 36.4 Å². The number of amides is 2. The lowest BCUT2D eigenvalue weighted by Gasteiger charge is -2.30. The number of rotatable bonds is 7. The summed E-state index contributed by atoms with van der Waals surface area (Å²) in [5, 5.41) is 5.88. The van der Waals surface area contributed by atoms with E-state index in [0.717, 1.165) is 30.0 Å². The number of benzene rings is 2. The molecule has 0 radical (unpaired) electrons. The van der Waals surface area contributed by atoms with Gasteiger partial charge < -0.3 is 29.7 Å². The van der Waals surface area contributed by atoms with Crippen molar-refractivity contribution in [2.75, 3.05) is 44.6 Å². The summed E-state index contributed by atoms with van der Waals surface area (Å²) in [4.78, 5) is 14.9. The van der Waals surface area contributed by atoms with Crippen LogP contribution in [0, 0.1) is 0 Å². The van der Waals surface area contributed by atoms with Crippen LogP contribution in [0.2, 0.25) is 0 Å². The van der Waals surface area contributed by atoms with Crippen LogP contribution < -0.4 is 29.7 Å². The van der Waals surface area contributed by atoms with Crippen LogP contribution in [-0.4, -0.2) is 40.5 Å². The average molecular weight is 399 g/mol. The molecule has 0 bridgehead atoms. The predicted molar refractivity (Wildman–Crippen MR) is 114 cm³/mol. The molecule has 29 heavy (non-hydrogen) atoms. The number of carbonyl (C=O) groups excluding carboxylic acids is 1. The van der Waals surface area contributed by atoms with Crippen molar-refractivity contribution < 1.29 is 19.0 Å². The van der Waals surface area contributed by atoms with Gasteiger partial charge in [-0.05, 0) is 49.1 Å². The predicted octanol–water partition coefficient (Wildman–Crippen LogP) is 4.02. The third-order valence-corrected chi connectivity index (χ3v) is 5.03. The quantitative estimate of drug-likeness (QED) is 0.736. The highest BCUT2D eigenvalue weighted by molar-refractivity contribution is 5.93. The van der Waals surface area contributed by atoms with E-state index in [2.05, 4.69) is 21.6 Å². The van der Waals surface area contributed by atoms with E-state index in [-0.39, 0.29) is 6.03 Å². The Hall–Kier alpha value is -3.09. The lowest BCUT2D eigenvalue weighted by Crippen LogP contribution is -2.32. The first-order valence-corrected chi connectivity index (χ1v) is 9.84. The van der Waals surface area contributed by atoms with Gasteiger partial charge in [0.15, 0.2) is 11.5 Å². The van der Waals surface area contributed by atoms with Gasteiger partial charge in [0.05, 0.1) is 32.7 Å². The molecule has 1 fully saturated rings. The molecule has 0 aliphatic carbocycles. The van der Waals surface area contributed by atoms with Crippen molar-refractivity contribution in [1.29, 1.82) is 0 Å². The molecule has 7 nitrogen and oxygen atoms in total. The molecule has 2 N–H and O–H groups in total. The van der Waals surface area contributed by atoms with Gasteiger partial charge in [0.2, 0.25) is 5.75 Å². The Labute approximate surface area is 171 Å². The van der Waals surface area contributed by atoms with Gasteiger partial charge in [-0.1, -0.05) is 12.1 Å². The highest BCUT2D eigenvalue weighted by atomic mass is 16.5. The normalized spacial score (nSPS) is 13.6. The fraction of sp³-hybridized carbons (Fsp3) is 0.409. The second-order valence-corrected chi connectivity index (χ2v) is 6.91. The maximum absolute atomic E-state index is 12.5. The molecule has 2 aromatic carbocycles. The zero-order valence-corrected chi connectivity index (χ0v) is 17.3. The van der Waals surface area contributed by atoms with Crippen molar-refractivity contribution in [2.24, 2.45) is 0 Å². The fourth-order valence-electron chi connectivity index (χ4n) is 3.58. The van der Waals surface area contributed by atoms with Crippen LogP contribution in [-0.2, 0) is 6.54 Å². The molecule has 1 heterocycles. The second-order valence-electron chi connectivity index (χ2n) is 6.91. The summed E-state index contributed by atoms with van der Waals surface area (Å²) in [6.45, 7) is 2.37. The topological polar surface area (TPSA) is 72.1 Å². The van der Waals surface area contributed by atoms with E-state index in [0.29, 0.717) is 23.8 Å². The molecule has 2 amide bonds. The Balaban J connectivity index is 1.66. The molecule has 0 aromatic heterocycles. The fourth-order valence-corrected chi connectivity index (χ4v) is 3.58. The summed E-state index contributed by atoms with van der Waals surface area (Å²) in [6.07, 6.45) is 3.63. The summed E-state index contributed by atoms with van der Waals surface area (Å²) >= 11 is 0. The first kappa shape index (κ1) is 20.6. The molecule has 0 saturated carbocycles. The summed E-state index contributed by atoms with van der Waals surface area (Å²) in [6, 6.07) is 11.3. The highest BCUT2D eigenvalue weighted by Crippen LogP contribution is 2.38. The van der Waals surface area contributed by atoms with Crippen LogP contribution in [0.5, 0.6) is 17.2 Å². The maximum atomic E-state index is 12.5. The van der Waals surface area contributed by atoms with Gasteiger partial charge in [0.1, 0.15) is 0 Å². The first-order chi connectivity index (χ1) is 14.2. The molecule has 0 atom stereocenters. The van der Waals surface area contributed by atoms with E-state index < -0.39 is 0 Å². The van der Waals surface area contributed by atoms with Crippen molar-refractivity contribution in [3.05, 3.63) is 42.0 Å². The molecular weight excluding hydrogens is 370 g/mol. The number of piperidine rings is 1. The van der Waals surface area contributed by atoms with Gasteiger partial charge in [0.25, 0.3) is 0 Å². The minimum absolute atomic E-state index is 0.261. The van der Waals surface area contributed by atoms with Gasteiger partial charge in [-0.2, -0.15) is 0 Å². The molecule has 7 heteroatoms. The van der Waals surface area contributed by atoms with E-state index in [4.69, 9.17) is 14.2 Å². The van der Waals surface area contributed by atoms with Crippen LogP contribution >= 0.6 is 0 Å². The lowest BCUT2D eigenvalue weighted by molar-refractivity contribution is 0.251. The minimum Gasteiger partial charge on any atom is -0.493 e. The van der Waals surface area contributed by atoms with Crippen molar-refractivity contribution >= 4 is 17.4 Å². The summed E-state index contributed by atoms with van der Waals surface area (Å²) in [5.41, 5.74) is 2.73. The Morgan fingerprint density at radius 3 is 2.24 bits per heavy atom. The molecule has 0 unspecified atom stereocenters. The van der Waals surface area contributed by atoms with Crippen LogP contribution in [0.25, 0.3) is 0 Å². The van der Waals surface area contributed by atoms with Crippen molar-refractivity contribution in [3.63, 3.8) is 0 Å². The van der Waals surface area contributed by atoms with Gasteiger partial charge in [0, 0.05) is 19.6 Å². The molecule has 0 spiro atoms. The van der Waals surface area contributed by atoms with E-state index in [1.54, 1.807) is 21.3 Å². The smallest absolute Gasteiger partial charge is 0.319 e. The third-order valence-electron chi connectivity index (χ3n) is 5.03. The summed E-state index contributed by atoms with van der Waals surface area (Å²) in [5.74, 6) is 1.64. The number of hydrogen-bond acceptors (Lipinski definition) is 5. The highest BCUT2D eigenvalue weighted by Gasteiger charge is 2.16. The summed E-state index contributed by atoms with van der Waals surface area (Å²) in [7, 11) is 4.70. The van der Waals surface area contributed by atoms with E-state index >= 15 is 0 Å². The second kappa shape index (κ2) is 9.91. The van der Waals surface area contributed by atoms with Crippen molar-refractivity contribution in [2.45, 2.75) is 25.8 Å². The number of para-hydroxylation sites is 2. The number of methoxy groups -OCH3 is 3. The molecule has 1 aliphatic heterocycles. The van der Waals surface area contributed by atoms with Gasteiger partial charge in [-0.3, -0.25) is 0 Å². The monoisotopic (exact) mass is 399 g/mol.